The van der Waals surface area contributed by atoms with Crippen LogP contribution in [0.3, 0.4) is 0 Å². The van der Waals surface area contributed by atoms with E-state index in [4.69, 9.17) is 25.3 Å². The molecule has 10 heteroatoms. The van der Waals surface area contributed by atoms with E-state index in [1.54, 1.807) is 50.3 Å². The summed E-state index contributed by atoms with van der Waals surface area (Å²) in [5.41, 5.74) is 9.66. The molecular weight excluding hydrogens is 510 g/mol. The summed E-state index contributed by atoms with van der Waals surface area (Å²) in [6, 6.07) is 15.8. The number of primary amides is 1. The Hall–Kier alpha value is -4.02. The molecule has 0 unspecified atom stereocenters. The molecule has 39 heavy (non-hydrogen) atoms. The number of hydrogen-bond donors (Lipinski definition) is 1. The molecule has 0 bridgehead atoms. The molecular formula is C29H35N5O4Si. The van der Waals surface area contributed by atoms with Crippen LogP contribution >= 0.6 is 0 Å². The SMILES string of the molecule is COc1ccccc1-c1nn(COCC[Si](C)(C)C)c2ncc(-c3ccc(C(N)=O)c(C(=O)N(C)C)c3)cc12. The van der Waals surface area contributed by atoms with Gasteiger partial charge in [0, 0.05) is 51.5 Å². The number of benzene rings is 2. The van der Waals surface area contributed by atoms with Gasteiger partial charge in [0.05, 0.1) is 18.2 Å². The van der Waals surface area contributed by atoms with Crippen molar-refractivity contribution in [1.29, 1.82) is 0 Å². The van der Waals surface area contributed by atoms with Gasteiger partial charge in [-0.15, -0.1) is 0 Å². The predicted molar refractivity (Wildman–Crippen MR) is 156 cm³/mol. The van der Waals surface area contributed by atoms with Crippen molar-refractivity contribution < 1.29 is 19.1 Å². The second-order valence-corrected chi connectivity index (χ2v) is 16.4. The Labute approximate surface area is 229 Å². The maximum Gasteiger partial charge on any atom is 0.254 e. The van der Waals surface area contributed by atoms with Gasteiger partial charge in [0.1, 0.15) is 18.2 Å². The van der Waals surface area contributed by atoms with Crippen molar-refractivity contribution in [2.75, 3.05) is 27.8 Å². The fraction of sp³-hybridized carbons (Fsp3) is 0.310. The molecule has 0 atom stereocenters. The van der Waals surface area contributed by atoms with E-state index >= 15 is 0 Å². The molecule has 0 saturated heterocycles. The Morgan fingerprint density at radius 3 is 2.44 bits per heavy atom. The van der Waals surface area contributed by atoms with Crippen LogP contribution in [0.4, 0.5) is 0 Å². The zero-order chi connectivity index (χ0) is 28.3. The molecule has 4 aromatic rings. The Morgan fingerprint density at radius 1 is 1.03 bits per heavy atom. The number of rotatable bonds is 10. The van der Waals surface area contributed by atoms with Crippen LogP contribution in [-0.4, -0.2) is 67.4 Å². The summed E-state index contributed by atoms with van der Waals surface area (Å²) in [7, 11) is 3.67. The van der Waals surface area contributed by atoms with Crippen LogP contribution in [0.2, 0.25) is 25.7 Å². The topological polar surface area (TPSA) is 113 Å². The third-order valence-electron chi connectivity index (χ3n) is 6.41. The van der Waals surface area contributed by atoms with E-state index in [1.165, 1.54) is 4.90 Å². The zero-order valence-corrected chi connectivity index (χ0v) is 24.3. The quantitative estimate of drug-likeness (QED) is 0.224. The minimum Gasteiger partial charge on any atom is -0.496 e. The minimum absolute atomic E-state index is 0.171. The number of methoxy groups -OCH3 is 1. The highest BCUT2D eigenvalue weighted by Crippen LogP contribution is 2.35. The molecule has 4 rings (SSSR count). The van der Waals surface area contributed by atoms with Gasteiger partial charge in [-0.3, -0.25) is 9.59 Å². The van der Waals surface area contributed by atoms with Crippen molar-refractivity contribution in [3.8, 4) is 28.1 Å². The van der Waals surface area contributed by atoms with Gasteiger partial charge in [0.25, 0.3) is 5.91 Å². The highest BCUT2D eigenvalue weighted by atomic mass is 28.3. The first kappa shape index (κ1) is 28.0. The van der Waals surface area contributed by atoms with E-state index < -0.39 is 14.0 Å². The molecule has 2 heterocycles. The molecule has 2 aromatic carbocycles. The zero-order valence-electron chi connectivity index (χ0n) is 23.3. The van der Waals surface area contributed by atoms with Crippen LogP contribution in [0.15, 0.2) is 54.7 Å². The Balaban J connectivity index is 1.83. The Bertz CT molecular complexity index is 1520. The molecule has 0 aliphatic carbocycles. The van der Waals surface area contributed by atoms with E-state index in [1.807, 2.05) is 30.3 Å². The molecule has 0 aliphatic rings. The molecule has 0 spiro atoms. The lowest BCUT2D eigenvalue weighted by Crippen LogP contribution is -2.25. The predicted octanol–water partition coefficient (Wildman–Crippen LogP) is 4.89. The number of para-hydroxylation sites is 1. The van der Waals surface area contributed by atoms with Gasteiger partial charge in [0.15, 0.2) is 5.65 Å². The van der Waals surface area contributed by atoms with Gasteiger partial charge in [-0.1, -0.05) is 37.8 Å². The smallest absolute Gasteiger partial charge is 0.254 e. The number of carbonyl (C=O) groups is 2. The number of ether oxygens (including phenoxy) is 2. The number of carbonyl (C=O) groups excluding carboxylic acids is 2. The molecule has 0 saturated carbocycles. The summed E-state index contributed by atoms with van der Waals surface area (Å²) in [5, 5.41) is 5.69. The van der Waals surface area contributed by atoms with Crippen molar-refractivity contribution in [2.24, 2.45) is 5.73 Å². The first-order chi connectivity index (χ1) is 18.5. The van der Waals surface area contributed by atoms with Crippen molar-refractivity contribution in [2.45, 2.75) is 32.4 Å². The molecule has 0 radical (unpaired) electrons. The average Bonchev–Trinajstić information content (AvgIpc) is 3.27. The second-order valence-electron chi connectivity index (χ2n) is 10.8. The molecule has 0 aliphatic heterocycles. The van der Waals surface area contributed by atoms with E-state index in [0.717, 1.165) is 28.1 Å². The van der Waals surface area contributed by atoms with Crippen LogP contribution in [0.1, 0.15) is 20.7 Å². The van der Waals surface area contributed by atoms with Crippen LogP contribution in [0.25, 0.3) is 33.4 Å². The van der Waals surface area contributed by atoms with Crippen molar-refractivity contribution >= 4 is 30.9 Å². The number of nitrogens with zero attached hydrogens (tertiary/aromatic N) is 4. The lowest BCUT2D eigenvalue weighted by atomic mass is 9.98. The summed E-state index contributed by atoms with van der Waals surface area (Å²) in [6.07, 6.45) is 1.73. The van der Waals surface area contributed by atoms with E-state index in [0.29, 0.717) is 23.7 Å². The number of nitrogens with two attached hydrogens (primary N) is 1. The summed E-state index contributed by atoms with van der Waals surface area (Å²) < 4.78 is 13.4. The average molecular weight is 546 g/mol. The third kappa shape index (κ3) is 6.18. The number of pyridine rings is 1. The largest absolute Gasteiger partial charge is 0.496 e. The molecule has 9 nitrogen and oxygen atoms in total. The first-order valence-corrected chi connectivity index (χ1v) is 16.4. The molecule has 2 aromatic heterocycles. The van der Waals surface area contributed by atoms with E-state index in [9.17, 15) is 9.59 Å². The highest BCUT2D eigenvalue weighted by Gasteiger charge is 2.21. The van der Waals surface area contributed by atoms with Crippen molar-refractivity contribution in [1.82, 2.24) is 19.7 Å². The van der Waals surface area contributed by atoms with E-state index in [-0.39, 0.29) is 23.8 Å². The van der Waals surface area contributed by atoms with Crippen molar-refractivity contribution in [3.63, 3.8) is 0 Å². The monoisotopic (exact) mass is 545 g/mol. The normalized spacial score (nSPS) is 11.5. The summed E-state index contributed by atoms with van der Waals surface area (Å²) >= 11 is 0. The second kappa shape index (κ2) is 11.4. The fourth-order valence-electron chi connectivity index (χ4n) is 4.23. The van der Waals surface area contributed by atoms with Crippen LogP contribution < -0.4 is 10.5 Å². The van der Waals surface area contributed by atoms with Crippen molar-refractivity contribution in [3.05, 3.63) is 65.9 Å². The van der Waals surface area contributed by atoms with E-state index in [2.05, 4.69) is 19.6 Å². The Morgan fingerprint density at radius 2 is 1.77 bits per heavy atom. The lowest BCUT2D eigenvalue weighted by Gasteiger charge is -2.15. The van der Waals surface area contributed by atoms with Gasteiger partial charge >= 0.3 is 0 Å². The standard InChI is InChI=1S/C29H35N5O4Si/c1-33(2)29(36)23-15-19(11-12-21(23)27(30)35)20-16-24-26(22-9-7-8-10-25(22)37-3)32-34(28(24)31-17-20)18-38-13-14-39(4,5)6/h7-12,15-17H,13-14,18H2,1-6H3,(H2,30,35). The number of fused-ring (bicyclic) bond motifs is 1. The minimum atomic E-state index is -1.23. The van der Waals surface area contributed by atoms with Gasteiger partial charge < -0.3 is 20.1 Å². The lowest BCUT2D eigenvalue weighted by molar-refractivity contribution is 0.0814. The van der Waals surface area contributed by atoms with Crippen LogP contribution in [0.5, 0.6) is 5.75 Å². The first-order valence-electron chi connectivity index (χ1n) is 12.7. The molecule has 0 fully saturated rings. The van der Waals surface area contributed by atoms with Gasteiger partial charge in [-0.05, 0) is 41.9 Å². The third-order valence-corrected chi connectivity index (χ3v) is 8.12. The van der Waals surface area contributed by atoms with Crippen LogP contribution in [-0.2, 0) is 11.5 Å². The Kier molecular flexibility index (Phi) is 8.17. The highest BCUT2D eigenvalue weighted by molar-refractivity contribution is 6.76. The van der Waals surface area contributed by atoms with Gasteiger partial charge in [0.2, 0.25) is 5.91 Å². The van der Waals surface area contributed by atoms with Gasteiger partial charge in [-0.2, -0.15) is 5.10 Å². The maximum absolute atomic E-state index is 12.8. The fourth-order valence-corrected chi connectivity index (χ4v) is 4.99. The maximum atomic E-state index is 12.8. The summed E-state index contributed by atoms with van der Waals surface area (Å²) in [4.78, 5) is 31.0. The number of amides is 2. The van der Waals surface area contributed by atoms with Gasteiger partial charge in [-0.25, -0.2) is 9.67 Å². The number of aromatic nitrogens is 3. The van der Waals surface area contributed by atoms with Crippen LogP contribution in [0, 0.1) is 0 Å². The molecule has 2 amide bonds. The summed E-state index contributed by atoms with van der Waals surface area (Å²) in [5.74, 6) is -0.273. The number of hydrogen-bond acceptors (Lipinski definition) is 6. The molecule has 204 valence electrons. The summed E-state index contributed by atoms with van der Waals surface area (Å²) in [6.45, 7) is 7.88. The molecule has 2 N–H and O–H groups in total.